The van der Waals surface area contributed by atoms with Crippen molar-refractivity contribution < 1.29 is 5.21 Å². The molecule has 5 heteroatoms. The summed E-state index contributed by atoms with van der Waals surface area (Å²) >= 11 is 5.66. The van der Waals surface area contributed by atoms with Gasteiger partial charge in [0.2, 0.25) is 0 Å². The first-order chi connectivity index (χ1) is 5.65. The number of amidine groups is 1. The maximum Gasteiger partial charge on any atom is 0.150 e. The summed E-state index contributed by atoms with van der Waals surface area (Å²) in [6.45, 7) is 1.78. The average Bonchev–Trinajstić information content (AvgIpc) is 2.08. The van der Waals surface area contributed by atoms with E-state index in [4.69, 9.17) is 22.2 Å². The van der Waals surface area contributed by atoms with Gasteiger partial charge in [-0.05, 0) is 18.6 Å². The maximum absolute atomic E-state index is 8.41. The molecule has 0 radical (unpaired) electrons. The van der Waals surface area contributed by atoms with Crippen LogP contribution in [-0.4, -0.2) is 16.0 Å². The van der Waals surface area contributed by atoms with Crippen molar-refractivity contribution in [3.8, 4) is 0 Å². The molecule has 0 bridgehead atoms. The number of hydrogen-bond donors (Lipinski definition) is 3. The van der Waals surface area contributed by atoms with Crippen LogP contribution in [0.15, 0.2) is 12.3 Å². The highest BCUT2D eigenvalue weighted by molar-refractivity contribution is 6.30. The Hall–Kier alpha value is -1.13. The largest absolute Gasteiger partial charge is 0.290 e. The first-order valence-corrected chi connectivity index (χ1v) is 3.64. The van der Waals surface area contributed by atoms with Crippen LogP contribution >= 0.6 is 11.6 Å². The Morgan fingerprint density at radius 1 is 1.75 bits per heavy atom. The lowest BCUT2D eigenvalue weighted by Crippen LogP contribution is -2.18. The number of nitrogens with zero attached hydrogens (tertiary/aromatic N) is 1. The zero-order valence-electron chi connectivity index (χ0n) is 6.43. The number of hydroxylamine groups is 1. The summed E-state index contributed by atoms with van der Waals surface area (Å²) in [6.07, 6.45) is 1.42. The molecule has 0 saturated heterocycles. The van der Waals surface area contributed by atoms with Gasteiger partial charge in [-0.25, -0.2) is 4.98 Å². The third-order valence-electron chi connectivity index (χ3n) is 1.41. The average molecular weight is 186 g/mol. The van der Waals surface area contributed by atoms with E-state index in [0.29, 0.717) is 10.7 Å². The minimum atomic E-state index is -0.0951. The molecule has 1 aromatic rings. The SMILES string of the molecule is Cc1cc(C(=N)NO)cnc1Cl. The number of halogens is 1. The summed E-state index contributed by atoms with van der Waals surface area (Å²) < 4.78 is 0. The molecule has 12 heavy (non-hydrogen) atoms. The summed E-state index contributed by atoms with van der Waals surface area (Å²) in [7, 11) is 0. The van der Waals surface area contributed by atoms with Gasteiger partial charge in [-0.15, -0.1) is 0 Å². The lowest BCUT2D eigenvalue weighted by molar-refractivity contribution is 0.234. The summed E-state index contributed by atoms with van der Waals surface area (Å²) in [5, 5.41) is 16.0. The Balaban J connectivity index is 3.05. The number of nitrogens with one attached hydrogen (secondary N) is 2. The normalized spacial score (nSPS) is 9.58. The molecule has 0 saturated carbocycles. The quantitative estimate of drug-likeness (QED) is 0.268. The van der Waals surface area contributed by atoms with E-state index in [0.717, 1.165) is 5.56 Å². The monoisotopic (exact) mass is 185 g/mol. The van der Waals surface area contributed by atoms with Crippen LogP contribution in [0.2, 0.25) is 5.15 Å². The van der Waals surface area contributed by atoms with Crippen molar-refractivity contribution in [1.29, 1.82) is 5.41 Å². The molecule has 0 spiro atoms. The van der Waals surface area contributed by atoms with Crippen molar-refractivity contribution in [2.45, 2.75) is 6.92 Å². The van der Waals surface area contributed by atoms with Crippen LogP contribution in [0.5, 0.6) is 0 Å². The van der Waals surface area contributed by atoms with E-state index in [9.17, 15) is 0 Å². The molecular formula is C7H8ClN3O. The third kappa shape index (κ3) is 1.72. The van der Waals surface area contributed by atoms with Crippen LogP contribution in [0.25, 0.3) is 0 Å². The van der Waals surface area contributed by atoms with Crippen molar-refractivity contribution in [2.24, 2.45) is 0 Å². The number of aromatic nitrogens is 1. The van der Waals surface area contributed by atoms with Crippen molar-refractivity contribution in [3.63, 3.8) is 0 Å². The van der Waals surface area contributed by atoms with Gasteiger partial charge in [0.15, 0.2) is 5.84 Å². The molecule has 0 unspecified atom stereocenters. The van der Waals surface area contributed by atoms with Crippen molar-refractivity contribution >= 4 is 17.4 Å². The van der Waals surface area contributed by atoms with E-state index in [-0.39, 0.29) is 5.84 Å². The first-order valence-electron chi connectivity index (χ1n) is 3.26. The second-order valence-corrected chi connectivity index (χ2v) is 2.68. The van der Waals surface area contributed by atoms with Crippen LogP contribution in [0.1, 0.15) is 11.1 Å². The van der Waals surface area contributed by atoms with E-state index in [1.807, 2.05) is 0 Å². The van der Waals surface area contributed by atoms with Crippen LogP contribution in [0.3, 0.4) is 0 Å². The Labute approximate surface area is 74.7 Å². The molecule has 0 aliphatic rings. The van der Waals surface area contributed by atoms with Crippen LogP contribution in [0.4, 0.5) is 0 Å². The highest BCUT2D eigenvalue weighted by Gasteiger charge is 2.02. The van der Waals surface area contributed by atoms with Gasteiger partial charge in [0, 0.05) is 11.8 Å². The molecule has 4 nitrogen and oxygen atoms in total. The van der Waals surface area contributed by atoms with Crippen LogP contribution < -0.4 is 5.48 Å². The molecule has 0 amide bonds. The molecule has 0 aliphatic heterocycles. The minimum absolute atomic E-state index is 0.0951. The Morgan fingerprint density at radius 3 is 2.92 bits per heavy atom. The molecule has 0 fully saturated rings. The topological polar surface area (TPSA) is 69.0 Å². The summed E-state index contributed by atoms with van der Waals surface area (Å²) in [5.41, 5.74) is 3.00. The number of pyridine rings is 1. The standard InChI is InChI=1S/C7H8ClN3O/c1-4-2-5(7(9)11-12)3-10-6(4)8/h2-3,12H,1H3,(H2,9,11). The molecule has 64 valence electrons. The van der Waals surface area contributed by atoms with Gasteiger partial charge in [0.05, 0.1) is 0 Å². The second kappa shape index (κ2) is 3.51. The fraction of sp³-hybridized carbons (Fsp3) is 0.143. The van der Waals surface area contributed by atoms with Gasteiger partial charge in [0.1, 0.15) is 5.15 Å². The predicted molar refractivity (Wildman–Crippen MR) is 45.7 cm³/mol. The molecule has 1 heterocycles. The fourth-order valence-electron chi connectivity index (χ4n) is 0.759. The van der Waals surface area contributed by atoms with Crippen molar-refractivity contribution in [3.05, 3.63) is 28.5 Å². The third-order valence-corrected chi connectivity index (χ3v) is 1.81. The minimum Gasteiger partial charge on any atom is -0.290 e. The fourth-order valence-corrected chi connectivity index (χ4v) is 0.863. The van der Waals surface area contributed by atoms with E-state index in [2.05, 4.69) is 4.98 Å². The lowest BCUT2D eigenvalue weighted by Gasteiger charge is -2.02. The molecule has 0 atom stereocenters. The number of hydrogen-bond acceptors (Lipinski definition) is 3. The Bertz CT molecular complexity index is 314. The van der Waals surface area contributed by atoms with E-state index >= 15 is 0 Å². The van der Waals surface area contributed by atoms with E-state index in [1.165, 1.54) is 6.20 Å². The van der Waals surface area contributed by atoms with Gasteiger partial charge in [-0.2, -0.15) is 0 Å². The van der Waals surface area contributed by atoms with Gasteiger partial charge in [-0.3, -0.25) is 16.1 Å². The summed E-state index contributed by atoms with van der Waals surface area (Å²) in [6, 6.07) is 1.67. The smallest absolute Gasteiger partial charge is 0.150 e. The Morgan fingerprint density at radius 2 is 2.42 bits per heavy atom. The van der Waals surface area contributed by atoms with Crippen molar-refractivity contribution in [2.75, 3.05) is 0 Å². The first kappa shape index (κ1) is 8.96. The maximum atomic E-state index is 8.41. The second-order valence-electron chi connectivity index (χ2n) is 2.32. The molecule has 0 aromatic carbocycles. The number of rotatable bonds is 1. The highest BCUT2D eigenvalue weighted by Crippen LogP contribution is 2.12. The van der Waals surface area contributed by atoms with Crippen LogP contribution in [0, 0.1) is 12.3 Å². The predicted octanol–water partition coefficient (Wildman–Crippen LogP) is 1.35. The zero-order chi connectivity index (χ0) is 9.14. The Kier molecular flexibility index (Phi) is 2.62. The highest BCUT2D eigenvalue weighted by atomic mass is 35.5. The van der Waals surface area contributed by atoms with Gasteiger partial charge < -0.3 is 0 Å². The number of aryl methyl sites for hydroxylation is 1. The van der Waals surface area contributed by atoms with Gasteiger partial charge in [0.25, 0.3) is 0 Å². The van der Waals surface area contributed by atoms with Gasteiger partial charge in [-0.1, -0.05) is 11.6 Å². The van der Waals surface area contributed by atoms with E-state index < -0.39 is 0 Å². The van der Waals surface area contributed by atoms with Crippen molar-refractivity contribution in [1.82, 2.24) is 10.5 Å². The van der Waals surface area contributed by atoms with Gasteiger partial charge >= 0.3 is 0 Å². The molecule has 1 rings (SSSR count). The molecule has 1 aromatic heterocycles. The van der Waals surface area contributed by atoms with E-state index in [1.54, 1.807) is 18.5 Å². The van der Waals surface area contributed by atoms with Crippen LogP contribution in [-0.2, 0) is 0 Å². The zero-order valence-corrected chi connectivity index (χ0v) is 7.18. The lowest BCUT2D eigenvalue weighted by atomic mass is 10.2. The molecule has 3 N–H and O–H groups in total. The summed E-state index contributed by atoms with van der Waals surface area (Å²) in [4.78, 5) is 3.82. The molecule has 0 aliphatic carbocycles. The summed E-state index contributed by atoms with van der Waals surface area (Å²) in [5.74, 6) is -0.0951. The molecular weight excluding hydrogens is 178 g/mol.